The van der Waals surface area contributed by atoms with Crippen LogP contribution in [0.5, 0.6) is 0 Å². The second kappa shape index (κ2) is 5.10. The van der Waals surface area contributed by atoms with Gasteiger partial charge in [0.05, 0.1) is 18.8 Å². The normalized spacial score (nSPS) is 12.7. The van der Waals surface area contributed by atoms with Crippen LogP contribution < -0.4 is 5.56 Å². The van der Waals surface area contributed by atoms with Gasteiger partial charge in [0.2, 0.25) is 0 Å². The van der Waals surface area contributed by atoms with E-state index in [1.165, 1.54) is 10.9 Å². The molecule has 1 aromatic carbocycles. The van der Waals surface area contributed by atoms with Crippen LogP contribution in [0.2, 0.25) is 0 Å². The minimum absolute atomic E-state index is 0.0553. The SMILES string of the molecule is Cc1ccc(C(O)Cn2nnc3c(cnn3C)c2=O)cc1. The van der Waals surface area contributed by atoms with Gasteiger partial charge in [0.15, 0.2) is 5.65 Å². The zero-order chi connectivity index (χ0) is 15.0. The number of aliphatic hydroxyl groups excluding tert-OH is 1. The zero-order valence-electron chi connectivity index (χ0n) is 11.8. The molecule has 0 saturated carbocycles. The first-order chi connectivity index (χ1) is 10.1. The summed E-state index contributed by atoms with van der Waals surface area (Å²) in [7, 11) is 1.70. The summed E-state index contributed by atoms with van der Waals surface area (Å²) in [5.74, 6) is 0. The van der Waals surface area contributed by atoms with Gasteiger partial charge in [-0.1, -0.05) is 35.0 Å². The van der Waals surface area contributed by atoms with Crippen molar-refractivity contribution in [3.63, 3.8) is 0 Å². The summed E-state index contributed by atoms with van der Waals surface area (Å²) in [5, 5.41) is 22.4. The molecule has 21 heavy (non-hydrogen) atoms. The highest BCUT2D eigenvalue weighted by Crippen LogP contribution is 2.15. The number of aliphatic hydroxyl groups is 1. The van der Waals surface area contributed by atoms with Crippen LogP contribution in [0.3, 0.4) is 0 Å². The molecular formula is C14H15N5O2. The number of fused-ring (bicyclic) bond motifs is 1. The third-order valence-electron chi connectivity index (χ3n) is 3.43. The van der Waals surface area contributed by atoms with E-state index in [0.717, 1.165) is 15.8 Å². The molecule has 0 radical (unpaired) electrons. The summed E-state index contributed by atoms with van der Waals surface area (Å²) in [6.45, 7) is 2.03. The Balaban J connectivity index is 1.92. The molecule has 0 aliphatic rings. The predicted octanol–water partition coefficient (Wildman–Crippen LogP) is 0.567. The lowest BCUT2D eigenvalue weighted by molar-refractivity contribution is 0.148. The molecule has 7 heteroatoms. The highest BCUT2D eigenvalue weighted by Gasteiger charge is 2.14. The molecule has 0 spiro atoms. The lowest BCUT2D eigenvalue weighted by atomic mass is 10.1. The second-order valence-corrected chi connectivity index (χ2v) is 5.01. The van der Waals surface area contributed by atoms with E-state index in [0.29, 0.717) is 11.0 Å². The first-order valence-corrected chi connectivity index (χ1v) is 6.56. The molecule has 0 saturated heterocycles. The number of benzene rings is 1. The fourth-order valence-corrected chi connectivity index (χ4v) is 2.15. The molecule has 0 fully saturated rings. The highest BCUT2D eigenvalue weighted by atomic mass is 16.3. The summed E-state index contributed by atoms with van der Waals surface area (Å²) in [6, 6.07) is 7.50. The minimum atomic E-state index is -0.813. The molecule has 7 nitrogen and oxygen atoms in total. The Bertz CT molecular complexity index is 835. The van der Waals surface area contributed by atoms with Crippen LogP contribution in [0, 0.1) is 6.92 Å². The Hall–Kier alpha value is -2.54. The van der Waals surface area contributed by atoms with E-state index >= 15 is 0 Å². The molecule has 1 N–H and O–H groups in total. The average molecular weight is 285 g/mol. The van der Waals surface area contributed by atoms with Gasteiger partial charge in [-0.2, -0.15) is 5.10 Å². The quantitative estimate of drug-likeness (QED) is 0.760. The molecule has 3 rings (SSSR count). The van der Waals surface area contributed by atoms with Gasteiger partial charge in [0, 0.05) is 7.05 Å². The van der Waals surface area contributed by atoms with Gasteiger partial charge < -0.3 is 5.11 Å². The number of aromatic nitrogens is 5. The number of hydrogen-bond acceptors (Lipinski definition) is 5. The zero-order valence-corrected chi connectivity index (χ0v) is 11.8. The summed E-state index contributed by atoms with van der Waals surface area (Å²) < 4.78 is 2.65. The third-order valence-corrected chi connectivity index (χ3v) is 3.43. The van der Waals surface area contributed by atoms with Gasteiger partial charge in [-0.3, -0.25) is 4.79 Å². The molecule has 3 aromatic rings. The van der Waals surface area contributed by atoms with E-state index in [-0.39, 0.29) is 12.1 Å². The monoisotopic (exact) mass is 285 g/mol. The van der Waals surface area contributed by atoms with Gasteiger partial charge in [-0.05, 0) is 12.5 Å². The molecule has 1 unspecified atom stereocenters. The highest BCUT2D eigenvalue weighted by molar-refractivity contribution is 5.72. The van der Waals surface area contributed by atoms with Crippen molar-refractivity contribution in [1.82, 2.24) is 24.8 Å². The van der Waals surface area contributed by atoms with Crippen LogP contribution in [0.1, 0.15) is 17.2 Å². The smallest absolute Gasteiger partial charge is 0.280 e. The summed E-state index contributed by atoms with van der Waals surface area (Å²) in [4.78, 5) is 12.3. The van der Waals surface area contributed by atoms with Crippen molar-refractivity contribution in [2.75, 3.05) is 0 Å². The molecule has 0 aliphatic carbocycles. The molecule has 0 aliphatic heterocycles. The molecule has 1 atom stereocenters. The van der Waals surface area contributed by atoms with Crippen LogP contribution in [-0.2, 0) is 13.6 Å². The van der Waals surface area contributed by atoms with E-state index in [4.69, 9.17) is 0 Å². The number of nitrogens with zero attached hydrogens (tertiary/aromatic N) is 5. The van der Waals surface area contributed by atoms with Gasteiger partial charge in [-0.25, -0.2) is 9.36 Å². The van der Waals surface area contributed by atoms with Crippen molar-refractivity contribution in [2.45, 2.75) is 19.6 Å². The summed E-state index contributed by atoms with van der Waals surface area (Å²) in [6.07, 6.45) is 0.646. The Morgan fingerprint density at radius 1 is 1.29 bits per heavy atom. The fourth-order valence-electron chi connectivity index (χ4n) is 2.15. The van der Waals surface area contributed by atoms with Crippen LogP contribution in [0.15, 0.2) is 35.3 Å². The Morgan fingerprint density at radius 2 is 2.00 bits per heavy atom. The lowest BCUT2D eigenvalue weighted by Gasteiger charge is -2.11. The van der Waals surface area contributed by atoms with Crippen LogP contribution in [0.4, 0.5) is 0 Å². The van der Waals surface area contributed by atoms with E-state index in [9.17, 15) is 9.90 Å². The van der Waals surface area contributed by atoms with Crippen molar-refractivity contribution in [2.24, 2.45) is 7.05 Å². The summed E-state index contributed by atoms with van der Waals surface area (Å²) in [5.41, 5.74) is 1.97. The van der Waals surface area contributed by atoms with E-state index in [2.05, 4.69) is 15.4 Å². The molecule has 2 heterocycles. The van der Waals surface area contributed by atoms with Gasteiger partial charge in [0.1, 0.15) is 5.39 Å². The van der Waals surface area contributed by atoms with Crippen molar-refractivity contribution >= 4 is 11.0 Å². The maximum atomic E-state index is 12.3. The Labute approximate surface area is 120 Å². The standard InChI is InChI=1S/C14H15N5O2/c1-9-3-5-10(6-4-9)12(20)8-19-14(21)11-7-15-18(2)13(11)16-17-19/h3-7,12,20H,8H2,1-2H3. The van der Waals surface area contributed by atoms with Gasteiger partial charge in [-0.15, -0.1) is 5.10 Å². The molecule has 0 amide bonds. The first-order valence-electron chi connectivity index (χ1n) is 6.56. The second-order valence-electron chi connectivity index (χ2n) is 5.01. The van der Waals surface area contributed by atoms with Crippen LogP contribution in [-0.4, -0.2) is 29.9 Å². The van der Waals surface area contributed by atoms with E-state index < -0.39 is 6.10 Å². The van der Waals surface area contributed by atoms with Crippen molar-refractivity contribution in [3.05, 3.63) is 51.9 Å². The van der Waals surface area contributed by atoms with Crippen LogP contribution >= 0.6 is 0 Å². The lowest BCUT2D eigenvalue weighted by Crippen LogP contribution is -2.27. The maximum absolute atomic E-state index is 12.3. The largest absolute Gasteiger partial charge is 0.386 e. The molecule has 2 aromatic heterocycles. The van der Waals surface area contributed by atoms with Crippen LogP contribution in [0.25, 0.3) is 11.0 Å². The number of rotatable bonds is 3. The topological polar surface area (TPSA) is 85.8 Å². The molecule has 108 valence electrons. The number of aryl methyl sites for hydroxylation is 2. The molecule has 0 bridgehead atoms. The summed E-state index contributed by atoms with van der Waals surface area (Å²) >= 11 is 0. The van der Waals surface area contributed by atoms with Crippen molar-refractivity contribution in [1.29, 1.82) is 0 Å². The van der Waals surface area contributed by atoms with E-state index in [1.807, 2.05) is 31.2 Å². The van der Waals surface area contributed by atoms with Crippen molar-refractivity contribution < 1.29 is 5.11 Å². The maximum Gasteiger partial charge on any atom is 0.280 e. The predicted molar refractivity (Wildman–Crippen MR) is 76.7 cm³/mol. The number of hydrogen-bond donors (Lipinski definition) is 1. The fraction of sp³-hybridized carbons (Fsp3) is 0.286. The first kappa shape index (κ1) is 13.4. The minimum Gasteiger partial charge on any atom is -0.386 e. The Morgan fingerprint density at radius 3 is 2.71 bits per heavy atom. The van der Waals surface area contributed by atoms with E-state index in [1.54, 1.807) is 7.05 Å². The van der Waals surface area contributed by atoms with Crippen molar-refractivity contribution in [3.8, 4) is 0 Å². The average Bonchev–Trinajstić information content (AvgIpc) is 2.85. The van der Waals surface area contributed by atoms with Gasteiger partial charge >= 0.3 is 0 Å². The Kier molecular flexibility index (Phi) is 3.26. The van der Waals surface area contributed by atoms with Gasteiger partial charge in [0.25, 0.3) is 5.56 Å². The molecular weight excluding hydrogens is 270 g/mol. The third kappa shape index (κ3) is 2.43.